The zero-order chi connectivity index (χ0) is 19.3. The number of nitrogens with zero attached hydrogens (tertiary/aromatic N) is 1. The van der Waals surface area contributed by atoms with Crippen LogP contribution in [0.4, 0.5) is 0 Å². The van der Waals surface area contributed by atoms with E-state index in [4.69, 9.17) is 4.74 Å². The number of ether oxygens (including phenoxy) is 1. The van der Waals surface area contributed by atoms with E-state index < -0.39 is 0 Å². The molecule has 0 radical (unpaired) electrons. The van der Waals surface area contributed by atoms with E-state index >= 15 is 0 Å². The average molecular weight is 373 g/mol. The maximum atomic E-state index is 11.3. The molecule has 4 atom stereocenters. The van der Waals surface area contributed by atoms with Crippen LogP contribution in [0, 0.1) is 17.3 Å². The summed E-state index contributed by atoms with van der Waals surface area (Å²) in [5.41, 5.74) is 5.94. The molecule has 0 saturated heterocycles. The minimum Gasteiger partial charge on any atom is -0.427 e. The van der Waals surface area contributed by atoms with Crippen molar-refractivity contribution < 1.29 is 9.53 Å². The van der Waals surface area contributed by atoms with Gasteiger partial charge in [-0.3, -0.25) is 9.78 Å². The van der Waals surface area contributed by atoms with E-state index in [0.29, 0.717) is 17.6 Å². The van der Waals surface area contributed by atoms with Crippen LogP contribution in [0.2, 0.25) is 0 Å². The second kappa shape index (κ2) is 6.58. The Morgan fingerprint density at radius 1 is 1.25 bits per heavy atom. The number of rotatable bonds is 2. The summed E-state index contributed by atoms with van der Waals surface area (Å²) in [6, 6.07) is 10.6. The Morgan fingerprint density at radius 2 is 2.14 bits per heavy atom. The number of esters is 1. The van der Waals surface area contributed by atoms with Gasteiger partial charge in [0.15, 0.2) is 0 Å². The highest BCUT2D eigenvalue weighted by Crippen LogP contribution is 2.63. The summed E-state index contributed by atoms with van der Waals surface area (Å²) in [6.45, 7) is 3.95. The standard InChI is InChI=1S/C25H27NO2/c1-16(27)28-19-6-8-20-17(14-19)5-7-22-21(20)11-12-25(2)23(9-10-24(22)25)18-4-3-13-26-15-18/h3-4,6,8-9,13-15,21-22,24H,5,7,10-12H2,1-2H3/t21-,22-,24+,25-/m1/s1. The predicted molar refractivity (Wildman–Crippen MR) is 110 cm³/mol. The van der Waals surface area contributed by atoms with E-state index in [2.05, 4.69) is 42.2 Å². The Balaban J connectivity index is 1.43. The Kier molecular flexibility index (Phi) is 4.15. The Morgan fingerprint density at radius 3 is 2.93 bits per heavy atom. The predicted octanol–water partition coefficient (Wildman–Crippen LogP) is 5.56. The number of allylic oxidation sites excluding steroid dienone is 2. The van der Waals surface area contributed by atoms with Crippen molar-refractivity contribution in [2.75, 3.05) is 0 Å². The lowest BCUT2D eigenvalue weighted by Crippen LogP contribution is -2.40. The number of aryl methyl sites for hydroxylation is 1. The van der Waals surface area contributed by atoms with Gasteiger partial charge in [-0.15, -0.1) is 0 Å². The lowest BCUT2D eigenvalue weighted by atomic mass is 9.54. The minimum absolute atomic E-state index is 0.248. The third-order valence-corrected chi connectivity index (χ3v) is 7.51. The van der Waals surface area contributed by atoms with Crippen molar-refractivity contribution in [2.45, 2.75) is 51.9 Å². The van der Waals surface area contributed by atoms with Crippen LogP contribution < -0.4 is 4.74 Å². The van der Waals surface area contributed by atoms with Gasteiger partial charge in [-0.2, -0.15) is 0 Å². The lowest BCUT2D eigenvalue weighted by Gasteiger charge is -2.50. The first kappa shape index (κ1) is 17.7. The first-order valence-corrected chi connectivity index (χ1v) is 10.5. The Labute approximate surface area is 166 Å². The number of hydrogen-bond donors (Lipinski definition) is 0. The highest BCUT2D eigenvalue weighted by molar-refractivity contribution is 5.72. The lowest BCUT2D eigenvalue weighted by molar-refractivity contribution is -0.131. The quantitative estimate of drug-likeness (QED) is 0.511. The molecule has 3 aliphatic rings. The zero-order valence-corrected chi connectivity index (χ0v) is 16.7. The maximum Gasteiger partial charge on any atom is 0.308 e. The van der Waals surface area contributed by atoms with E-state index in [9.17, 15) is 4.79 Å². The third-order valence-electron chi connectivity index (χ3n) is 7.51. The zero-order valence-electron chi connectivity index (χ0n) is 16.7. The van der Waals surface area contributed by atoms with Crippen LogP contribution in [-0.2, 0) is 11.2 Å². The molecule has 2 aromatic rings. The van der Waals surface area contributed by atoms with Gasteiger partial charge in [0.1, 0.15) is 5.75 Å². The van der Waals surface area contributed by atoms with Gasteiger partial charge in [-0.25, -0.2) is 0 Å². The summed E-state index contributed by atoms with van der Waals surface area (Å²) in [6.07, 6.45) is 12.3. The molecule has 1 aromatic heterocycles. The summed E-state index contributed by atoms with van der Waals surface area (Å²) >= 11 is 0. The normalized spacial score (nSPS) is 30.6. The van der Waals surface area contributed by atoms with Gasteiger partial charge < -0.3 is 4.74 Å². The van der Waals surface area contributed by atoms with E-state index in [-0.39, 0.29) is 11.4 Å². The fraction of sp³-hybridized carbons (Fsp3) is 0.440. The minimum atomic E-state index is -0.248. The van der Waals surface area contributed by atoms with Crippen LogP contribution >= 0.6 is 0 Å². The van der Waals surface area contributed by atoms with E-state index in [1.54, 1.807) is 0 Å². The molecule has 3 heteroatoms. The smallest absolute Gasteiger partial charge is 0.308 e. The first-order chi connectivity index (χ1) is 13.6. The van der Waals surface area contributed by atoms with Crippen molar-refractivity contribution in [3.05, 3.63) is 65.5 Å². The molecule has 28 heavy (non-hydrogen) atoms. The molecule has 5 rings (SSSR count). The van der Waals surface area contributed by atoms with Crippen LogP contribution in [0.5, 0.6) is 5.75 Å². The molecular weight excluding hydrogens is 346 g/mol. The number of benzene rings is 1. The number of carbonyl (C=O) groups excluding carboxylic acids is 1. The van der Waals surface area contributed by atoms with Crippen LogP contribution in [0.3, 0.4) is 0 Å². The van der Waals surface area contributed by atoms with Gasteiger partial charge in [0.05, 0.1) is 0 Å². The average Bonchev–Trinajstić information content (AvgIpc) is 3.05. The van der Waals surface area contributed by atoms with Crippen molar-refractivity contribution in [3.8, 4) is 5.75 Å². The summed E-state index contributed by atoms with van der Waals surface area (Å²) in [4.78, 5) is 15.6. The number of pyridine rings is 1. The van der Waals surface area contributed by atoms with E-state index in [0.717, 1.165) is 12.3 Å². The molecule has 0 spiro atoms. The molecule has 1 heterocycles. The van der Waals surface area contributed by atoms with Crippen LogP contribution in [0.15, 0.2) is 48.8 Å². The van der Waals surface area contributed by atoms with Gasteiger partial charge in [0, 0.05) is 19.3 Å². The monoisotopic (exact) mass is 373 g/mol. The highest BCUT2D eigenvalue weighted by atomic mass is 16.5. The van der Waals surface area contributed by atoms with Crippen molar-refractivity contribution >= 4 is 11.5 Å². The third kappa shape index (κ3) is 2.71. The fourth-order valence-electron chi connectivity index (χ4n) is 6.33. The van der Waals surface area contributed by atoms with Crippen molar-refractivity contribution in [2.24, 2.45) is 17.3 Å². The molecule has 0 unspecified atom stereocenters. The Hall–Kier alpha value is -2.42. The van der Waals surface area contributed by atoms with Gasteiger partial charge in [0.2, 0.25) is 0 Å². The largest absolute Gasteiger partial charge is 0.427 e. The maximum absolute atomic E-state index is 11.3. The molecule has 0 bridgehead atoms. The summed E-state index contributed by atoms with van der Waals surface area (Å²) < 4.78 is 5.31. The van der Waals surface area contributed by atoms with Gasteiger partial charge in [-0.05, 0) is 95.7 Å². The van der Waals surface area contributed by atoms with Crippen LogP contribution in [0.25, 0.3) is 5.57 Å². The molecule has 1 aromatic carbocycles. The van der Waals surface area contributed by atoms with Gasteiger partial charge >= 0.3 is 5.97 Å². The molecular formula is C25H27NO2. The number of carbonyl (C=O) groups is 1. The molecule has 0 N–H and O–H groups in total. The molecule has 3 aliphatic carbocycles. The van der Waals surface area contributed by atoms with Gasteiger partial charge in [0.25, 0.3) is 0 Å². The number of hydrogen-bond acceptors (Lipinski definition) is 3. The number of aromatic nitrogens is 1. The molecule has 0 amide bonds. The van der Waals surface area contributed by atoms with Crippen molar-refractivity contribution in [1.82, 2.24) is 4.98 Å². The van der Waals surface area contributed by atoms with E-state index in [1.165, 1.54) is 54.9 Å². The van der Waals surface area contributed by atoms with E-state index in [1.807, 2.05) is 18.5 Å². The van der Waals surface area contributed by atoms with Crippen LogP contribution in [0.1, 0.15) is 62.1 Å². The second-order valence-electron chi connectivity index (χ2n) is 8.92. The van der Waals surface area contributed by atoms with Crippen LogP contribution in [-0.4, -0.2) is 11.0 Å². The molecule has 1 fully saturated rings. The molecule has 1 saturated carbocycles. The number of fused-ring (bicyclic) bond motifs is 5. The SMILES string of the molecule is CC(=O)Oc1ccc2c(c1)CC[C@@H]1[C@@H]2CC[C@]2(C)C(c3cccnc3)=CC[C@@H]12. The summed E-state index contributed by atoms with van der Waals surface area (Å²) in [7, 11) is 0. The highest BCUT2D eigenvalue weighted by Gasteiger charge is 2.51. The topological polar surface area (TPSA) is 39.2 Å². The fourth-order valence-corrected chi connectivity index (χ4v) is 6.33. The van der Waals surface area contributed by atoms with Crippen molar-refractivity contribution in [1.29, 1.82) is 0 Å². The summed E-state index contributed by atoms with van der Waals surface area (Å²) in [5, 5.41) is 0. The molecule has 0 aliphatic heterocycles. The van der Waals surface area contributed by atoms with Gasteiger partial charge in [-0.1, -0.05) is 25.1 Å². The molecule has 144 valence electrons. The Bertz CT molecular complexity index is 948. The first-order valence-electron chi connectivity index (χ1n) is 10.5. The van der Waals surface area contributed by atoms with Crippen molar-refractivity contribution in [3.63, 3.8) is 0 Å². The second-order valence-corrected chi connectivity index (χ2v) is 8.92. The molecule has 3 nitrogen and oxygen atoms in total. The summed E-state index contributed by atoms with van der Waals surface area (Å²) in [5.74, 6) is 2.52.